The summed E-state index contributed by atoms with van der Waals surface area (Å²) in [7, 11) is 0. The van der Waals surface area contributed by atoms with Gasteiger partial charge in [0.1, 0.15) is 11.3 Å². The van der Waals surface area contributed by atoms with E-state index in [0.29, 0.717) is 42.6 Å². The maximum absolute atomic E-state index is 13.7. The molecule has 0 spiro atoms. The highest BCUT2D eigenvalue weighted by Crippen LogP contribution is 2.49. The molecule has 0 aromatic carbocycles. The molecule has 1 aliphatic carbocycles. The number of aliphatic hydroxyl groups excluding tert-OH is 1. The van der Waals surface area contributed by atoms with Crippen LogP contribution in [0.5, 0.6) is 0 Å². The highest BCUT2D eigenvalue weighted by Gasteiger charge is 2.50. The van der Waals surface area contributed by atoms with Crippen LogP contribution in [0.3, 0.4) is 0 Å². The van der Waals surface area contributed by atoms with Gasteiger partial charge in [0.2, 0.25) is 0 Å². The first kappa shape index (κ1) is 26.1. The predicted octanol–water partition coefficient (Wildman–Crippen LogP) is 6.08. The van der Waals surface area contributed by atoms with E-state index in [-0.39, 0.29) is 17.1 Å². The van der Waals surface area contributed by atoms with Gasteiger partial charge in [-0.3, -0.25) is 14.4 Å². The van der Waals surface area contributed by atoms with E-state index in [1.807, 2.05) is 0 Å². The molecule has 0 fully saturated rings. The number of ether oxygens (including phenoxy) is 1. The number of hydrogen-bond donors (Lipinski definition) is 1. The van der Waals surface area contributed by atoms with Gasteiger partial charge >= 0.3 is 5.97 Å². The molecule has 1 rings (SSSR count). The zero-order valence-electron chi connectivity index (χ0n) is 20.1. The summed E-state index contributed by atoms with van der Waals surface area (Å²) in [5, 5.41) is 11.5. The standard InChI is InChI=1S/C25H40O5/c1-15(2)9-10-20-22(30-19(8)27)21(18(7)26)24(29)25(23(20)28,13-11-16(3)4)14-12-17(5)6/h15-17,28H,9-14H2,1-8H3. The normalized spacial score (nSPS) is 16.8. The van der Waals surface area contributed by atoms with E-state index in [1.165, 1.54) is 13.8 Å². The Balaban J connectivity index is 3.74. The maximum atomic E-state index is 13.7. The van der Waals surface area contributed by atoms with Crippen LogP contribution in [0.15, 0.2) is 22.7 Å². The Bertz CT molecular complexity index is 710. The van der Waals surface area contributed by atoms with E-state index in [2.05, 4.69) is 41.5 Å². The summed E-state index contributed by atoms with van der Waals surface area (Å²) in [6.45, 7) is 15.0. The van der Waals surface area contributed by atoms with Crippen molar-refractivity contribution < 1.29 is 24.2 Å². The number of rotatable bonds is 11. The van der Waals surface area contributed by atoms with E-state index in [4.69, 9.17) is 4.74 Å². The zero-order valence-corrected chi connectivity index (χ0v) is 20.1. The largest absolute Gasteiger partial charge is 0.511 e. The Morgan fingerprint density at radius 3 is 1.73 bits per heavy atom. The van der Waals surface area contributed by atoms with Gasteiger partial charge in [-0.2, -0.15) is 0 Å². The molecular formula is C25H40O5. The third kappa shape index (κ3) is 6.29. The number of carbonyl (C=O) groups is 3. The van der Waals surface area contributed by atoms with Crippen molar-refractivity contribution in [3.63, 3.8) is 0 Å². The monoisotopic (exact) mass is 420 g/mol. The lowest BCUT2D eigenvalue weighted by atomic mass is 9.65. The molecule has 0 saturated carbocycles. The summed E-state index contributed by atoms with van der Waals surface area (Å²) in [5.41, 5.74) is -0.767. The van der Waals surface area contributed by atoms with Gasteiger partial charge in [-0.05, 0) is 63.2 Å². The molecule has 0 heterocycles. The Kier molecular flexibility index (Phi) is 9.51. The van der Waals surface area contributed by atoms with Crippen LogP contribution < -0.4 is 0 Å². The van der Waals surface area contributed by atoms with Crippen LogP contribution in [0, 0.1) is 23.2 Å². The average Bonchev–Trinajstić information content (AvgIpc) is 2.59. The van der Waals surface area contributed by atoms with Gasteiger partial charge in [0.15, 0.2) is 17.3 Å². The van der Waals surface area contributed by atoms with Gasteiger partial charge in [0, 0.05) is 12.5 Å². The van der Waals surface area contributed by atoms with Gasteiger partial charge in [-0.25, -0.2) is 0 Å². The van der Waals surface area contributed by atoms with Gasteiger partial charge in [-0.1, -0.05) is 41.5 Å². The Labute approximate surface area is 182 Å². The second-order valence-corrected chi connectivity index (χ2v) is 9.89. The molecule has 5 heteroatoms. The third-order valence-electron chi connectivity index (χ3n) is 5.77. The molecule has 0 atom stereocenters. The molecule has 1 N–H and O–H groups in total. The van der Waals surface area contributed by atoms with Crippen molar-refractivity contribution in [3.8, 4) is 0 Å². The lowest BCUT2D eigenvalue weighted by Gasteiger charge is -2.38. The Hall–Kier alpha value is -1.91. The number of ketones is 2. The van der Waals surface area contributed by atoms with E-state index in [0.717, 1.165) is 19.3 Å². The van der Waals surface area contributed by atoms with Crippen molar-refractivity contribution in [2.75, 3.05) is 0 Å². The molecule has 1 aliphatic rings. The minimum atomic E-state index is -1.13. The molecular weight excluding hydrogens is 380 g/mol. The van der Waals surface area contributed by atoms with Crippen LogP contribution in [0.2, 0.25) is 0 Å². The molecule has 0 aliphatic heterocycles. The lowest BCUT2D eigenvalue weighted by molar-refractivity contribution is -0.137. The fourth-order valence-electron chi connectivity index (χ4n) is 3.90. The lowest BCUT2D eigenvalue weighted by Crippen LogP contribution is -2.41. The molecule has 0 amide bonds. The van der Waals surface area contributed by atoms with Crippen LogP contribution in [0.25, 0.3) is 0 Å². The molecule has 0 saturated heterocycles. The average molecular weight is 421 g/mol. The smallest absolute Gasteiger partial charge is 0.308 e. The fourth-order valence-corrected chi connectivity index (χ4v) is 3.90. The van der Waals surface area contributed by atoms with Gasteiger partial charge < -0.3 is 9.84 Å². The second kappa shape index (κ2) is 10.9. The highest BCUT2D eigenvalue weighted by atomic mass is 16.5. The summed E-state index contributed by atoms with van der Waals surface area (Å²) in [6.07, 6.45) is 3.63. The van der Waals surface area contributed by atoms with Crippen molar-refractivity contribution in [1.82, 2.24) is 0 Å². The SMILES string of the molecule is CC(=O)OC1=C(C(C)=O)C(=O)C(CCC(C)C)(CCC(C)C)C(O)=C1CCC(C)C. The van der Waals surface area contributed by atoms with Crippen molar-refractivity contribution in [1.29, 1.82) is 0 Å². The van der Waals surface area contributed by atoms with E-state index < -0.39 is 23.0 Å². The van der Waals surface area contributed by atoms with Gasteiger partial charge in [-0.15, -0.1) is 0 Å². The minimum absolute atomic E-state index is 0.00398. The first-order valence-corrected chi connectivity index (χ1v) is 11.2. The van der Waals surface area contributed by atoms with Gasteiger partial charge in [0.05, 0.1) is 5.41 Å². The Morgan fingerprint density at radius 2 is 1.37 bits per heavy atom. The van der Waals surface area contributed by atoms with Crippen LogP contribution in [-0.4, -0.2) is 22.6 Å². The zero-order chi connectivity index (χ0) is 23.2. The molecule has 0 bridgehead atoms. The van der Waals surface area contributed by atoms with Crippen molar-refractivity contribution in [2.24, 2.45) is 23.2 Å². The number of allylic oxidation sites excluding steroid dienone is 3. The first-order valence-electron chi connectivity index (χ1n) is 11.2. The van der Waals surface area contributed by atoms with E-state index in [1.54, 1.807) is 0 Å². The minimum Gasteiger partial charge on any atom is -0.511 e. The highest BCUT2D eigenvalue weighted by molar-refractivity contribution is 6.23. The fraction of sp³-hybridized carbons (Fsp3) is 0.720. The quantitative estimate of drug-likeness (QED) is 0.323. The van der Waals surface area contributed by atoms with Gasteiger partial charge in [0.25, 0.3) is 0 Å². The molecule has 30 heavy (non-hydrogen) atoms. The number of aliphatic hydroxyl groups is 1. The van der Waals surface area contributed by atoms with Crippen LogP contribution in [0.4, 0.5) is 0 Å². The summed E-state index contributed by atoms with van der Waals surface area (Å²) >= 11 is 0. The predicted molar refractivity (Wildman–Crippen MR) is 119 cm³/mol. The molecule has 0 aromatic heterocycles. The van der Waals surface area contributed by atoms with Crippen LogP contribution in [0.1, 0.15) is 93.9 Å². The van der Waals surface area contributed by atoms with Crippen molar-refractivity contribution >= 4 is 17.5 Å². The number of hydrogen-bond acceptors (Lipinski definition) is 5. The first-order chi connectivity index (χ1) is 13.8. The van der Waals surface area contributed by atoms with E-state index in [9.17, 15) is 19.5 Å². The topological polar surface area (TPSA) is 80.7 Å². The second-order valence-electron chi connectivity index (χ2n) is 9.89. The molecule has 170 valence electrons. The molecule has 0 aromatic rings. The van der Waals surface area contributed by atoms with Crippen LogP contribution >= 0.6 is 0 Å². The molecule has 0 radical (unpaired) electrons. The van der Waals surface area contributed by atoms with Crippen LogP contribution in [-0.2, 0) is 19.1 Å². The third-order valence-corrected chi connectivity index (χ3v) is 5.77. The number of esters is 1. The summed E-state index contributed by atoms with van der Waals surface area (Å²) in [6, 6.07) is 0. The number of Topliss-reactive ketones (excluding diaryl/α,β-unsaturated/α-hetero) is 2. The summed E-state index contributed by atoms with van der Waals surface area (Å²) in [5.74, 6) is -0.437. The van der Waals surface area contributed by atoms with E-state index >= 15 is 0 Å². The summed E-state index contributed by atoms with van der Waals surface area (Å²) in [4.78, 5) is 38.1. The van der Waals surface area contributed by atoms with Crippen molar-refractivity contribution in [3.05, 3.63) is 22.7 Å². The molecule has 5 nitrogen and oxygen atoms in total. The molecule has 0 unspecified atom stereocenters. The summed E-state index contributed by atoms with van der Waals surface area (Å²) < 4.78 is 5.38. The van der Waals surface area contributed by atoms with Crippen molar-refractivity contribution in [2.45, 2.75) is 93.9 Å². The number of carbonyl (C=O) groups excluding carboxylic acids is 3. The maximum Gasteiger partial charge on any atom is 0.308 e. The Morgan fingerprint density at radius 1 is 0.900 bits per heavy atom.